The Morgan fingerprint density at radius 1 is 0.970 bits per heavy atom. The van der Waals surface area contributed by atoms with Crippen molar-refractivity contribution in [2.45, 2.75) is 6.92 Å². The standard InChI is InChI=1S/C24H19Cl2N3O4/c1-15-4-2-3-5-19(15)24(32)33-18-9-6-16(7-10-18)13-28-29-22(30)14-27-23(31)17-8-11-20(25)21(26)12-17/h2-13H,14H2,1H3,(H,27,31)(H,29,30). The van der Waals surface area contributed by atoms with E-state index < -0.39 is 17.8 Å². The van der Waals surface area contributed by atoms with Crippen molar-refractivity contribution in [1.29, 1.82) is 0 Å². The van der Waals surface area contributed by atoms with Gasteiger partial charge in [0.15, 0.2) is 0 Å². The van der Waals surface area contributed by atoms with E-state index in [0.717, 1.165) is 5.56 Å². The van der Waals surface area contributed by atoms with Crippen molar-refractivity contribution in [3.63, 3.8) is 0 Å². The van der Waals surface area contributed by atoms with Crippen LogP contribution >= 0.6 is 23.2 Å². The van der Waals surface area contributed by atoms with Crippen molar-refractivity contribution in [2.75, 3.05) is 6.54 Å². The third-order valence-electron chi connectivity index (χ3n) is 4.45. The van der Waals surface area contributed by atoms with Crippen molar-refractivity contribution in [3.05, 3.63) is 99.0 Å². The first-order valence-electron chi connectivity index (χ1n) is 9.76. The maximum absolute atomic E-state index is 12.3. The monoisotopic (exact) mass is 483 g/mol. The first kappa shape index (κ1) is 24.0. The average molecular weight is 484 g/mol. The summed E-state index contributed by atoms with van der Waals surface area (Å²) in [6.45, 7) is 1.56. The largest absolute Gasteiger partial charge is 0.423 e. The lowest BCUT2D eigenvalue weighted by molar-refractivity contribution is -0.120. The van der Waals surface area contributed by atoms with Crippen LogP contribution in [0.2, 0.25) is 10.0 Å². The fraction of sp³-hybridized carbons (Fsp3) is 0.0833. The molecule has 0 saturated heterocycles. The zero-order valence-corrected chi connectivity index (χ0v) is 19.0. The van der Waals surface area contributed by atoms with E-state index in [1.165, 1.54) is 24.4 Å². The lowest BCUT2D eigenvalue weighted by Crippen LogP contribution is -2.34. The minimum Gasteiger partial charge on any atom is -0.423 e. The molecule has 3 aromatic carbocycles. The van der Waals surface area contributed by atoms with Gasteiger partial charge in [-0.05, 0) is 66.6 Å². The molecule has 2 N–H and O–H groups in total. The molecule has 7 nitrogen and oxygen atoms in total. The highest BCUT2D eigenvalue weighted by Crippen LogP contribution is 2.22. The van der Waals surface area contributed by atoms with Crippen LogP contribution in [0.4, 0.5) is 0 Å². The first-order chi connectivity index (χ1) is 15.8. The summed E-state index contributed by atoms with van der Waals surface area (Å²) in [6, 6.07) is 18.2. The molecule has 0 saturated carbocycles. The second kappa shape index (κ2) is 11.3. The molecule has 3 aromatic rings. The number of nitrogens with zero attached hydrogens (tertiary/aromatic N) is 1. The van der Waals surface area contributed by atoms with Crippen LogP contribution in [0.25, 0.3) is 0 Å². The zero-order valence-electron chi connectivity index (χ0n) is 17.5. The summed E-state index contributed by atoms with van der Waals surface area (Å²) in [6.07, 6.45) is 1.42. The number of amides is 2. The summed E-state index contributed by atoms with van der Waals surface area (Å²) in [7, 11) is 0. The van der Waals surface area contributed by atoms with E-state index in [2.05, 4.69) is 15.8 Å². The normalized spacial score (nSPS) is 10.6. The van der Waals surface area contributed by atoms with Crippen molar-refractivity contribution in [2.24, 2.45) is 5.10 Å². The van der Waals surface area contributed by atoms with Crippen LogP contribution in [0.1, 0.15) is 31.8 Å². The van der Waals surface area contributed by atoms with Gasteiger partial charge in [0, 0.05) is 5.56 Å². The average Bonchev–Trinajstić information content (AvgIpc) is 2.80. The van der Waals surface area contributed by atoms with E-state index in [1.54, 1.807) is 36.4 Å². The molecule has 0 fully saturated rings. The predicted octanol–water partition coefficient (Wildman–Crippen LogP) is 4.40. The van der Waals surface area contributed by atoms with Crippen LogP contribution in [-0.4, -0.2) is 30.5 Å². The number of halogens is 2. The SMILES string of the molecule is Cc1ccccc1C(=O)Oc1ccc(C=NNC(=O)CNC(=O)c2ccc(Cl)c(Cl)c2)cc1. The van der Waals surface area contributed by atoms with Crippen LogP contribution in [0.5, 0.6) is 5.75 Å². The van der Waals surface area contributed by atoms with Crippen LogP contribution in [0.15, 0.2) is 71.8 Å². The smallest absolute Gasteiger partial charge is 0.343 e. The van der Waals surface area contributed by atoms with Gasteiger partial charge in [-0.2, -0.15) is 5.10 Å². The summed E-state index contributed by atoms with van der Waals surface area (Å²) in [5.74, 6) is -1.04. The highest BCUT2D eigenvalue weighted by molar-refractivity contribution is 6.42. The quantitative estimate of drug-likeness (QED) is 0.225. The van der Waals surface area contributed by atoms with E-state index in [9.17, 15) is 14.4 Å². The molecule has 9 heteroatoms. The third kappa shape index (κ3) is 6.90. The molecule has 0 aliphatic rings. The molecule has 0 aliphatic carbocycles. The maximum Gasteiger partial charge on any atom is 0.343 e. The molecule has 0 unspecified atom stereocenters. The number of hydrazone groups is 1. The van der Waals surface area contributed by atoms with E-state index in [-0.39, 0.29) is 17.1 Å². The molecular weight excluding hydrogens is 465 g/mol. The van der Waals surface area contributed by atoms with Gasteiger partial charge in [0.05, 0.1) is 28.4 Å². The van der Waals surface area contributed by atoms with Crippen LogP contribution < -0.4 is 15.5 Å². The van der Waals surface area contributed by atoms with Gasteiger partial charge in [-0.15, -0.1) is 0 Å². The van der Waals surface area contributed by atoms with E-state index in [0.29, 0.717) is 21.9 Å². The van der Waals surface area contributed by atoms with Gasteiger partial charge in [0.25, 0.3) is 11.8 Å². The number of rotatable bonds is 7. The molecule has 2 amide bonds. The summed E-state index contributed by atoms with van der Waals surface area (Å²) in [4.78, 5) is 36.2. The maximum atomic E-state index is 12.3. The first-order valence-corrected chi connectivity index (χ1v) is 10.5. The zero-order chi connectivity index (χ0) is 23.8. The Bertz CT molecular complexity index is 1210. The fourth-order valence-electron chi connectivity index (χ4n) is 2.70. The molecule has 0 aliphatic heterocycles. The fourth-order valence-corrected chi connectivity index (χ4v) is 3.00. The Balaban J connectivity index is 1.46. The number of benzene rings is 3. The van der Waals surface area contributed by atoms with Crippen LogP contribution in [-0.2, 0) is 4.79 Å². The molecule has 0 spiro atoms. The minimum absolute atomic E-state index is 0.245. The number of ether oxygens (including phenoxy) is 1. The number of hydrogen-bond acceptors (Lipinski definition) is 5. The van der Waals surface area contributed by atoms with Gasteiger partial charge in [-0.1, -0.05) is 41.4 Å². The predicted molar refractivity (Wildman–Crippen MR) is 127 cm³/mol. The van der Waals surface area contributed by atoms with Crippen molar-refractivity contribution in [3.8, 4) is 5.75 Å². The van der Waals surface area contributed by atoms with Crippen molar-refractivity contribution >= 4 is 47.2 Å². The molecule has 0 atom stereocenters. The van der Waals surface area contributed by atoms with Crippen molar-refractivity contribution < 1.29 is 19.1 Å². The molecule has 3 rings (SSSR count). The lowest BCUT2D eigenvalue weighted by Gasteiger charge is -2.07. The summed E-state index contributed by atoms with van der Waals surface area (Å²) in [5.41, 5.74) is 4.60. The van der Waals surface area contributed by atoms with Gasteiger partial charge in [0.2, 0.25) is 0 Å². The van der Waals surface area contributed by atoms with E-state index in [1.807, 2.05) is 19.1 Å². The van der Waals surface area contributed by atoms with Gasteiger partial charge < -0.3 is 10.1 Å². The summed E-state index contributed by atoms with van der Waals surface area (Å²) in [5, 5.41) is 6.88. The molecule has 0 bridgehead atoms. The lowest BCUT2D eigenvalue weighted by atomic mass is 10.1. The van der Waals surface area contributed by atoms with Gasteiger partial charge in [-0.25, -0.2) is 10.2 Å². The third-order valence-corrected chi connectivity index (χ3v) is 5.19. The summed E-state index contributed by atoms with van der Waals surface area (Å²) < 4.78 is 5.37. The molecule has 33 heavy (non-hydrogen) atoms. The number of aryl methyl sites for hydroxylation is 1. The Kier molecular flexibility index (Phi) is 8.18. The molecule has 0 heterocycles. The Hall–Kier alpha value is -3.68. The van der Waals surface area contributed by atoms with Crippen molar-refractivity contribution in [1.82, 2.24) is 10.7 Å². The molecule has 0 aromatic heterocycles. The molecule has 168 valence electrons. The Morgan fingerprint density at radius 2 is 1.70 bits per heavy atom. The number of hydrogen-bond donors (Lipinski definition) is 2. The number of esters is 1. The Labute approximate surface area is 200 Å². The number of nitrogens with one attached hydrogen (secondary N) is 2. The molecular formula is C24H19Cl2N3O4. The molecule has 0 radical (unpaired) electrons. The van der Waals surface area contributed by atoms with Gasteiger partial charge in [0.1, 0.15) is 5.75 Å². The second-order valence-electron chi connectivity index (χ2n) is 6.88. The highest BCUT2D eigenvalue weighted by atomic mass is 35.5. The topological polar surface area (TPSA) is 96.9 Å². The number of carbonyl (C=O) groups is 3. The minimum atomic E-state index is -0.511. The van der Waals surface area contributed by atoms with E-state index >= 15 is 0 Å². The summed E-state index contributed by atoms with van der Waals surface area (Å²) >= 11 is 11.7. The van der Waals surface area contributed by atoms with Gasteiger partial charge >= 0.3 is 5.97 Å². The van der Waals surface area contributed by atoms with Crippen LogP contribution in [0.3, 0.4) is 0 Å². The van der Waals surface area contributed by atoms with Gasteiger partial charge in [-0.3, -0.25) is 9.59 Å². The van der Waals surface area contributed by atoms with Crippen LogP contribution in [0, 0.1) is 6.92 Å². The highest BCUT2D eigenvalue weighted by Gasteiger charge is 2.11. The Morgan fingerprint density at radius 3 is 2.39 bits per heavy atom. The van der Waals surface area contributed by atoms with E-state index in [4.69, 9.17) is 27.9 Å². The number of carbonyl (C=O) groups excluding carboxylic acids is 3. The second-order valence-corrected chi connectivity index (χ2v) is 7.69.